The van der Waals surface area contributed by atoms with Gasteiger partial charge in [0.05, 0.1) is 16.9 Å². The van der Waals surface area contributed by atoms with Crippen LogP contribution in [0.2, 0.25) is 0 Å². The van der Waals surface area contributed by atoms with E-state index in [9.17, 15) is 9.59 Å². The SMILES string of the molecule is CCN1CCN(c2ccccc2NC(=O)CCn2c(=O)oc3ccccc32)CC1. The van der Waals surface area contributed by atoms with Crippen LogP contribution in [0.3, 0.4) is 0 Å². The van der Waals surface area contributed by atoms with E-state index in [1.807, 2.05) is 42.5 Å². The van der Waals surface area contributed by atoms with Gasteiger partial charge in [0.1, 0.15) is 0 Å². The smallest absolute Gasteiger partial charge is 0.408 e. The molecule has 152 valence electrons. The molecule has 3 aromatic rings. The summed E-state index contributed by atoms with van der Waals surface area (Å²) in [6.45, 7) is 7.45. The van der Waals surface area contributed by atoms with Crippen molar-refractivity contribution in [1.29, 1.82) is 0 Å². The maximum absolute atomic E-state index is 12.6. The third kappa shape index (κ3) is 4.19. The molecule has 7 nitrogen and oxygen atoms in total. The van der Waals surface area contributed by atoms with E-state index in [0.717, 1.165) is 44.1 Å². The summed E-state index contributed by atoms with van der Waals surface area (Å²) in [5.41, 5.74) is 3.10. The molecule has 0 aliphatic carbocycles. The molecule has 0 spiro atoms. The molecule has 2 aromatic carbocycles. The van der Waals surface area contributed by atoms with Gasteiger partial charge < -0.3 is 19.5 Å². The summed E-state index contributed by atoms with van der Waals surface area (Å²) in [5, 5.41) is 3.02. The van der Waals surface area contributed by atoms with Crippen molar-refractivity contribution in [3.8, 4) is 0 Å². The zero-order chi connectivity index (χ0) is 20.2. The van der Waals surface area contributed by atoms with E-state index in [4.69, 9.17) is 4.42 Å². The highest BCUT2D eigenvalue weighted by Gasteiger charge is 2.19. The molecule has 0 atom stereocenters. The van der Waals surface area contributed by atoms with Gasteiger partial charge in [0, 0.05) is 39.1 Å². The molecule has 1 aliphatic heterocycles. The fourth-order valence-electron chi connectivity index (χ4n) is 3.81. The lowest BCUT2D eigenvalue weighted by molar-refractivity contribution is -0.116. The van der Waals surface area contributed by atoms with Crippen molar-refractivity contribution >= 4 is 28.4 Å². The standard InChI is InChI=1S/C22H26N4O3/c1-2-24-13-15-25(16-14-24)18-8-4-3-7-17(18)23-21(27)11-12-26-19-9-5-6-10-20(19)29-22(26)28/h3-10H,2,11-16H2,1H3,(H,23,27). The number of para-hydroxylation sites is 4. The first-order valence-electron chi connectivity index (χ1n) is 10.1. The number of carbonyl (C=O) groups excluding carboxylic acids is 1. The fraction of sp³-hybridized carbons (Fsp3) is 0.364. The predicted octanol–water partition coefficient (Wildman–Crippen LogP) is 2.77. The molecule has 0 saturated carbocycles. The fourth-order valence-corrected chi connectivity index (χ4v) is 3.81. The second-order valence-electron chi connectivity index (χ2n) is 7.22. The van der Waals surface area contributed by atoms with E-state index in [2.05, 4.69) is 22.0 Å². The molecule has 4 rings (SSSR count). The second-order valence-corrected chi connectivity index (χ2v) is 7.22. The van der Waals surface area contributed by atoms with Crippen LogP contribution in [0.5, 0.6) is 0 Å². The van der Waals surface area contributed by atoms with E-state index in [-0.39, 0.29) is 18.9 Å². The number of hydrogen-bond acceptors (Lipinski definition) is 5. The second kappa shape index (κ2) is 8.53. The van der Waals surface area contributed by atoms with E-state index < -0.39 is 5.76 Å². The number of anilines is 2. The van der Waals surface area contributed by atoms with Crippen LogP contribution in [0.15, 0.2) is 57.7 Å². The van der Waals surface area contributed by atoms with Crippen LogP contribution >= 0.6 is 0 Å². The Morgan fingerprint density at radius 1 is 1.03 bits per heavy atom. The summed E-state index contributed by atoms with van der Waals surface area (Å²) in [6, 6.07) is 15.1. The van der Waals surface area contributed by atoms with Crippen LogP contribution < -0.4 is 16.0 Å². The summed E-state index contributed by atoms with van der Waals surface area (Å²) in [6.07, 6.45) is 0.196. The number of hydrogen-bond donors (Lipinski definition) is 1. The molecule has 1 fully saturated rings. The van der Waals surface area contributed by atoms with Crippen LogP contribution in [0.1, 0.15) is 13.3 Å². The minimum Gasteiger partial charge on any atom is -0.408 e. The Morgan fingerprint density at radius 3 is 2.55 bits per heavy atom. The summed E-state index contributed by atoms with van der Waals surface area (Å²) in [4.78, 5) is 29.4. The van der Waals surface area contributed by atoms with Crippen molar-refractivity contribution in [2.75, 3.05) is 42.9 Å². The van der Waals surface area contributed by atoms with Crippen molar-refractivity contribution in [3.05, 3.63) is 59.1 Å². The Bertz CT molecular complexity index is 1050. The number of piperazine rings is 1. The highest BCUT2D eigenvalue weighted by atomic mass is 16.4. The lowest BCUT2D eigenvalue weighted by Gasteiger charge is -2.36. The highest BCUT2D eigenvalue weighted by molar-refractivity contribution is 5.94. The van der Waals surface area contributed by atoms with Gasteiger partial charge >= 0.3 is 5.76 Å². The molecule has 7 heteroatoms. The number of rotatable bonds is 6. The van der Waals surface area contributed by atoms with Gasteiger partial charge in [-0.15, -0.1) is 0 Å². The third-order valence-electron chi connectivity index (χ3n) is 5.47. The molecular formula is C22H26N4O3. The normalized spacial score (nSPS) is 15.0. The molecule has 1 amide bonds. The number of amides is 1. The molecule has 2 heterocycles. The van der Waals surface area contributed by atoms with E-state index >= 15 is 0 Å². The molecule has 1 N–H and O–H groups in total. The largest absolute Gasteiger partial charge is 0.419 e. The zero-order valence-corrected chi connectivity index (χ0v) is 16.6. The van der Waals surface area contributed by atoms with Crippen molar-refractivity contribution in [1.82, 2.24) is 9.47 Å². The number of likely N-dealkylation sites (N-methyl/N-ethyl adjacent to an activating group) is 1. The summed E-state index contributed by atoms with van der Waals surface area (Å²) < 4.78 is 6.74. The van der Waals surface area contributed by atoms with E-state index in [0.29, 0.717) is 11.1 Å². The molecule has 0 unspecified atom stereocenters. The van der Waals surface area contributed by atoms with Gasteiger partial charge in [-0.05, 0) is 30.8 Å². The van der Waals surface area contributed by atoms with Gasteiger partial charge in [-0.3, -0.25) is 9.36 Å². The quantitative estimate of drug-likeness (QED) is 0.696. The van der Waals surface area contributed by atoms with Crippen molar-refractivity contribution < 1.29 is 9.21 Å². The molecule has 1 aliphatic rings. The van der Waals surface area contributed by atoms with Gasteiger partial charge in [0.2, 0.25) is 5.91 Å². The lowest BCUT2D eigenvalue weighted by atomic mass is 10.2. The van der Waals surface area contributed by atoms with E-state index in [1.165, 1.54) is 4.57 Å². The summed E-state index contributed by atoms with van der Waals surface area (Å²) in [7, 11) is 0. The first-order chi connectivity index (χ1) is 14.2. The number of nitrogens with one attached hydrogen (secondary N) is 1. The van der Waals surface area contributed by atoms with Gasteiger partial charge in [-0.1, -0.05) is 31.2 Å². The highest BCUT2D eigenvalue weighted by Crippen LogP contribution is 2.26. The van der Waals surface area contributed by atoms with Gasteiger partial charge in [-0.25, -0.2) is 4.79 Å². The number of nitrogens with zero attached hydrogens (tertiary/aromatic N) is 3. The number of fused-ring (bicyclic) bond motifs is 1. The number of aromatic nitrogens is 1. The minimum atomic E-state index is -0.437. The van der Waals surface area contributed by atoms with Gasteiger partial charge in [0.25, 0.3) is 0 Å². The molecular weight excluding hydrogens is 368 g/mol. The summed E-state index contributed by atoms with van der Waals surface area (Å²) in [5.74, 6) is -0.560. The maximum atomic E-state index is 12.6. The number of benzene rings is 2. The molecule has 1 aromatic heterocycles. The number of aryl methyl sites for hydroxylation is 1. The van der Waals surface area contributed by atoms with Crippen LogP contribution in [0.25, 0.3) is 11.1 Å². The minimum absolute atomic E-state index is 0.123. The molecule has 1 saturated heterocycles. The number of carbonyl (C=O) groups is 1. The topological polar surface area (TPSA) is 70.7 Å². The van der Waals surface area contributed by atoms with Crippen molar-refractivity contribution in [3.63, 3.8) is 0 Å². The Kier molecular flexibility index (Phi) is 5.67. The third-order valence-corrected chi connectivity index (χ3v) is 5.47. The van der Waals surface area contributed by atoms with Crippen LogP contribution in [-0.4, -0.2) is 48.1 Å². The van der Waals surface area contributed by atoms with Crippen LogP contribution in [0, 0.1) is 0 Å². The number of oxazole rings is 1. The maximum Gasteiger partial charge on any atom is 0.419 e. The molecule has 0 bridgehead atoms. The zero-order valence-electron chi connectivity index (χ0n) is 16.6. The Morgan fingerprint density at radius 2 is 1.76 bits per heavy atom. The Balaban J connectivity index is 1.42. The molecule has 29 heavy (non-hydrogen) atoms. The van der Waals surface area contributed by atoms with Crippen LogP contribution in [0.4, 0.5) is 11.4 Å². The lowest BCUT2D eigenvalue weighted by Crippen LogP contribution is -2.46. The Hall–Kier alpha value is -3.06. The van der Waals surface area contributed by atoms with Crippen molar-refractivity contribution in [2.24, 2.45) is 0 Å². The Labute approximate surface area is 169 Å². The first-order valence-corrected chi connectivity index (χ1v) is 10.1. The monoisotopic (exact) mass is 394 g/mol. The van der Waals surface area contributed by atoms with Gasteiger partial charge in [-0.2, -0.15) is 0 Å². The summed E-state index contributed by atoms with van der Waals surface area (Å²) >= 11 is 0. The van der Waals surface area contributed by atoms with Gasteiger partial charge in [0.15, 0.2) is 5.58 Å². The van der Waals surface area contributed by atoms with E-state index in [1.54, 1.807) is 6.07 Å². The first kappa shape index (κ1) is 19.3. The molecule has 0 radical (unpaired) electrons. The van der Waals surface area contributed by atoms with Crippen molar-refractivity contribution in [2.45, 2.75) is 19.9 Å². The van der Waals surface area contributed by atoms with Crippen LogP contribution in [-0.2, 0) is 11.3 Å². The average molecular weight is 394 g/mol. The predicted molar refractivity (Wildman–Crippen MR) is 114 cm³/mol. The average Bonchev–Trinajstić information content (AvgIpc) is 3.07.